The minimum absolute atomic E-state index is 0.186. The monoisotopic (exact) mass is 277 g/mol. The topological polar surface area (TPSA) is 60.2 Å². The molecule has 0 fully saturated rings. The maximum Gasteiger partial charge on any atom is 0.417 e. The second kappa shape index (κ2) is 3.83. The van der Waals surface area contributed by atoms with Gasteiger partial charge in [-0.15, -0.1) is 0 Å². The van der Waals surface area contributed by atoms with Crippen LogP contribution in [-0.4, -0.2) is 14.5 Å². The summed E-state index contributed by atoms with van der Waals surface area (Å²) in [7, 11) is -3.89. The number of rotatable bonds is 1. The highest BCUT2D eigenvalue weighted by atomic mass is 32.2. The number of nitrogens with two attached hydrogens (primary N) is 1. The van der Waals surface area contributed by atoms with Crippen LogP contribution in [0.25, 0.3) is 6.08 Å². The normalized spacial score (nSPS) is 19.3. The molecule has 0 amide bonds. The summed E-state index contributed by atoms with van der Waals surface area (Å²) in [5.74, 6) is 0. The predicted molar refractivity (Wildman–Crippen MR) is 60.3 cm³/mol. The van der Waals surface area contributed by atoms with Crippen LogP contribution in [0.3, 0.4) is 0 Å². The van der Waals surface area contributed by atoms with Gasteiger partial charge < -0.3 is 5.73 Å². The largest absolute Gasteiger partial charge is 0.417 e. The minimum atomic E-state index is -4.59. The highest BCUT2D eigenvalue weighted by Crippen LogP contribution is 2.41. The molecule has 2 N–H and O–H groups in total. The Hall–Kier alpha value is -1.34. The Labute approximate surface area is 102 Å². The molecule has 0 bridgehead atoms. The summed E-state index contributed by atoms with van der Waals surface area (Å²) in [6.07, 6.45) is -3.58. The van der Waals surface area contributed by atoms with Crippen molar-refractivity contribution in [1.29, 1.82) is 0 Å². The van der Waals surface area contributed by atoms with Crippen LogP contribution >= 0.6 is 0 Å². The third kappa shape index (κ3) is 1.83. The highest BCUT2D eigenvalue weighted by molar-refractivity contribution is 7.96. The molecule has 98 valence electrons. The van der Waals surface area contributed by atoms with Crippen molar-refractivity contribution in [3.8, 4) is 0 Å². The van der Waals surface area contributed by atoms with Gasteiger partial charge in [0, 0.05) is 11.6 Å². The maximum absolute atomic E-state index is 12.8. The van der Waals surface area contributed by atoms with Gasteiger partial charge >= 0.3 is 6.18 Å². The molecule has 1 heterocycles. The molecule has 0 radical (unpaired) electrons. The van der Waals surface area contributed by atoms with Gasteiger partial charge in [0.15, 0.2) is 0 Å². The van der Waals surface area contributed by atoms with E-state index in [0.717, 1.165) is 24.3 Å². The van der Waals surface area contributed by atoms with Gasteiger partial charge in [-0.3, -0.25) is 0 Å². The molecule has 0 spiro atoms. The van der Waals surface area contributed by atoms with Crippen molar-refractivity contribution in [2.24, 2.45) is 5.73 Å². The van der Waals surface area contributed by atoms with Crippen molar-refractivity contribution >= 4 is 15.9 Å². The standard InChI is InChI=1S/C11H10F3NO2S/c1-6(15)10-5-7-8(11(12,13)14)3-2-4-9(7)18(10,16)17/h2-6H,15H2,1H3. The zero-order valence-electron chi connectivity index (χ0n) is 9.32. The molecule has 7 heteroatoms. The summed E-state index contributed by atoms with van der Waals surface area (Å²) < 4.78 is 62.3. The molecule has 1 aliphatic rings. The van der Waals surface area contributed by atoms with E-state index in [-0.39, 0.29) is 15.4 Å². The number of alkyl halides is 3. The molecule has 1 aliphatic heterocycles. The van der Waals surface area contributed by atoms with Gasteiger partial charge in [0.05, 0.1) is 15.4 Å². The molecule has 1 atom stereocenters. The van der Waals surface area contributed by atoms with Crippen LogP contribution in [0, 0.1) is 0 Å². The summed E-state index contributed by atoms with van der Waals surface area (Å²) >= 11 is 0. The molecule has 18 heavy (non-hydrogen) atoms. The van der Waals surface area contributed by atoms with Crippen LogP contribution in [0.15, 0.2) is 28.0 Å². The third-order valence-electron chi connectivity index (χ3n) is 2.71. The van der Waals surface area contributed by atoms with Crippen LogP contribution in [0.1, 0.15) is 18.1 Å². The van der Waals surface area contributed by atoms with E-state index in [1.165, 1.54) is 6.92 Å². The lowest BCUT2D eigenvalue weighted by Crippen LogP contribution is -2.21. The molecule has 1 aromatic rings. The maximum atomic E-state index is 12.8. The lowest BCUT2D eigenvalue weighted by atomic mass is 10.1. The van der Waals surface area contributed by atoms with Crippen LogP contribution in [0.4, 0.5) is 13.2 Å². The second-order valence-electron chi connectivity index (χ2n) is 4.05. The summed E-state index contributed by atoms with van der Waals surface area (Å²) in [5.41, 5.74) is 4.20. The van der Waals surface area contributed by atoms with Gasteiger partial charge in [-0.2, -0.15) is 13.2 Å². The van der Waals surface area contributed by atoms with E-state index < -0.39 is 27.6 Å². The van der Waals surface area contributed by atoms with Crippen LogP contribution in [0.2, 0.25) is 0 Å². The number of hydrogen-bond acceptors (Lipinski definition) is 3. The number of hydrogen-bond donors (Lipinski definition) is 1. The van der Waals surface area contributed by atoms with E-state index in [9.17, 15) is 21.6 Å². The van der Waals surface area contributed by atoms with Crippen molar-refractivity contribution < 1.29 is 21.6 Å². The predicted octanol–water partition coefficient (Wildman–Crippen LogP) is 2.18. The average Bonchev–Trinajstić information content (AvgIpc) is 2.49. The van der Waals surface area contributed by atoms with Crippen molar-refractivity contribution in [3.63, 3.8) is 0 Å². The first-order chi connectivity index (χ1) is 8.15. The van der Waals surface area contributed by atoms with Gasteiger partial charge in [-0.1, -0.05) is 6.07 Å². The molecular weight excluding hydrogens is 267 g/mol. The molecule has 0 aliphatic carbocycles. The lowest BCUT2D eigenvalue weighted by molar-refractivity contribution is -0.137. The number of benzene rings is 1. The molecule has 0 aromatic heterocycles. The zero-order valence-corrected chi connectivity index (χ0v) is 10.1. The number of halogens is 3. The zero-order chi connectivity index (χ0) is 13.7. The van der Waals surface area contributed by atoms with E-state index in [1.54, 1.807) is 0 Å². The highest BCUT2D eigenvalue weighted by Gasteiger charge is 2.40. The van der Waals surface area contributed by atoms with Crippen LogP contribution < -0.4 is 5.73 Å². The first-order valence-electron chi connectivity index (χ1n) is 5.08. The summed E-state index contributed by atoms with van der Waals surface area (Å²) in [6.45, 7) is 1.42. The van der Waals surface area contributed by atoms with Gasteiger partial charge in [-0.05, 0) is 25.1 Å². The van der Waals surface area contributed by atoms with Gasteiger partial charge in [0.1, 0.15) is 0 Å². The van der Waals surface area contributed by atoms with Gasteiger partial charge in [0.25, 0.3) is 0 Å². The summed E-state index contributed by atoms with van der Waals surface area (Å²) in [4.78, 5) is -0.515. The average molecular weight is 277 g/mol. The Morgan fingerprint density at radius 2 is 1.89 bits per heavy atom. The van der Waals surface area contributed by atoms with E-state index in [4.69, 9.17) is 5.73 Å². The molecular formula is C11H10F3NO2S. The Kier molecular flexibility index (Phi) is 2.78. The lowest BCUT2D eigenvalue weighted by Gasteiger charge is -2.10. The van der Waals surface area contributed by atoms with Crippen molar-refractivity contribution in [1.82, 2.24) is 0 Å². The fourth-order valence-corrected chi connectivity index (χ4v) is 3.63. The number of fused-ring (bicyclic) bond motifs is 1. The summed E-state index contributed by atoms with van der Waals surface area (Å²) in [5, 5.41) is 0. The molecule has 2 rings (SSSR count). The fraction of sp³-hybridized carbons (Fsp3) is 0.273. The fourth-order valence-electron chi connectivity index (χ4n) is 1.90. The van der Waals surface area contributed by atoms with Crippen LogP contribution in [0.5, 0.6) is 0 Å². The Morgan fingerprint density at radius 3 is 2.39 bits per heavy atom. The van der Waals surface area contributed by atoms with E-state index in [2.05, 4.69) is 0 Å². The van der Waals surface area contributed by atoms with Crippen molar-refractivity contribution in [2.75, 3.05) is 0 Å². The smallest absolute Gasteiger partial charge is 0.324 e. The Bertz CT molecular complexity index is 630. The van der Waals surface area contributed by atoms with Gasteiger partial charge in [-0.25, -0.2) is 8.42 Å². The Balaban J connectivity index is 2.76. The van der Waals surface area contributed by atoms with E-state index >= 15 is 0 Å². The first-order valence-corrected chi connectivity index (χ1v) is 6.56. The first kappa shape index (κ1) is 13.1. The molecule has 3 nitrogen and oxygen atoms in total. The quantitative estimate of drug-likeness (QED) is 0.856. The van der Waals surface area contributed by atoms with Crippen LogP contribution in [-0.2, 0) is 16.0 Å². The van der Waals surface area contributed by atoms with E-state index in [0.29, 0.717) is 0 Å². The molecule has 0 saturated carbocycles. The van der Waals surface area contributed by atoms with Crippen molar-refractivity contribution in [2.45, 2.75) is 24.0 Å². The summed E-state index contributed by atoms with van der Waals surface area (Å²) in [6, 6.07) is 2.25. The Morgan fingerprint density at radius 1 is 1.28 bits per heavy atom. The second-order valence-corrected chi connectivity index (χ2v) is 5.97. The SMILES string of the molecule is CC(N)C1=Cc2c(C(F)(F)F)cccc2S1(=O)=O. The molecule has 1 aromatic carbocycles. The molecule has 1 unspecified atom stereocenters. The minimum Gasteiger partial charge on any atom is -0.324 e. The number of sulfone groups is 1. The molecule has 0 saturated heterocycles. The van der Waals surface area contributed by atoms with Crippen molar-refractivity contribution in [3.05, 3.63) is 34.2 Å². The third-order valence-corrected chi connectivity index (χ3v) is 4.75. The van der Waals surface area contributed by atoms with Gasteiger partial charge in [0.2, 0.25) is 9.84 Å². The van der Waals surface area contributed by atoms with E-state index in [1.807, 2.05) is 0 Å².